The second-order valence-corrected chi connectivity index (χ2v) is 3.57. The molecule has 1 atom stereocenters. The van der Waals surface area contributed by atoms with E-state index in [-0.39, 0.29) is 0 Å². The quantitative estimate of drug-likeness (QED) is 0.718. The summed E-state index contributed by atoms with van der Waals surface area (Å²) in [6, 6.07) is 11.9. The molecule has 1 heteroatoms. The summed E-state index contributed by atoms with van der Waals surface area (Å²) in [5.74, 6) is 0. The fraction of sp³-hybridized carbons (Fsp3) is 0.455. The lowest BCUT2D eigenvalue weighted by Gasteiger charge is -2.12. The summed E-state index contributed by atoms with van der Waals surface area (Å²) in [5, 5.41) is 3.57. The Hall–Kier alpha value is -0.820. The first-order valence-corrected chi connectivity index (χ1v) is 4.67. The summed E-state index contributed by atoms with van der Waals surface area (Å²) in [7, 11) is 0. The van der Waals surface area contributed by atoms with Gasteiger partial charge in [-0.15, -0.1) is 0 Å². The maximum Gasteiger partial charge on any atom is 0.0294 e. The molecule has 1 saturated carbocycles. The molecule has 1 aliphatic rings. The van der Waals surface area contributed by atoms with E-state index in [0.717, 1.165) is 6.04 Å². The molecule has 12 heavy (non-hydrogen) atoms. The minimum atomic E-state index is 0.513. The molecule has 0 heterocycles. The Morgan fingerprint density at radius 2 is 1.92 bits per heavy atom. The van der Waals surface area contributed by atoms with E-state index in [9.17, 15) is 0 Å². The normalized spacial score (nSPS) is 19.1. The van der Waals surface area contributed by atoms with Gasteiger partial charge in [-0.05, 0) is 25.3 Å². The minimum absolute atomic E-state index is 0.513. The molecule has 1 fully saturated rings. The number of hydrogen-bond donors (Lipinski definition) is 1. The Bertz CT molecular complexity index is 238. The van der Waals surface area contributed by atoms with E-state index in [1.165, 1.54) is 18.4 Å². The lowest BCUT2D eigenvalue weighted by atomic mass is 10.1. The second-order valence-electron chi connectivity index (χ2n) is 3.57. The van der Waals surface area contributed by atoms with Crippen LogP contribution in [0.15, 0.2) is 30.3 Å². The van der Waals surface area contributed by atoms with Crippen molar-refractivity contribution in [3.63, 3.8) is 0 Å². The Morgan fingerprint density at radius 3 is 2.50 bits per heavy atom. The van der Waals surface area contributed by atoms with E-state index in [0.29, 0.717) is 6.04 Å². The Balaban J connectivity index is 1.98. The molecule has 0 saturated heterocycles. The van der Waals surface area contributed by atoms with Gasteiger partial charge in [-0.25, -0.2) is 0 Å². The molecule has 0 spiro atoms. The van der Waals surface area contributed by atoms with Gasteiger partial charge < -0.3 is 5.32 Å². The van der Waals surface area contributed by atoms with Crippen molar-refractivity contribution >= 4 is 0 Å². The summed E-state index contributed by atoms with van der Waals surface area (Å²) in [5.41, 5.74) is 1.39. The van der Waals surface area contributed by atoms with E-state index in [4.69, 9.17) is 0 Å². The zero-order chi connectivity index (χ0) is 8.39. The molecule has 0 radical (unpaired) electrons. The fourth-order valence-corrected chi connectivity index (χ4v) is 1.44. The average Bonchev–Trinajstić information content (AvgIpc) is 2.90. The topological polar surface area (TPSA) is 12.0 Å². The van der Waals surface area contributed by atoms with Gasteiger partial charge in [-0.1, -0.05) is 30.3 Å². The first-order valence-electron chi connectivity index (χ1n) is 4.67. The highest BCUT2D eigenvalue weighted by molar-refractivity contribution is 5.18. The van der Waals surface area contributed by atoms with Crippen molar-refractivity contribution in [3.8, 4) is 0 Å². The highest BCUT2D eigenvalue weighted by Crippen LogP contribution is 2.23. The van der Waals surface area contributed by atoms with Crippen molar-refractivity contribution in [2.45, 2.75) is 31.8 Å². The Labute approximate surface area is 73.8 Å². The number of benzene rings is 1. The largest absolute Gasteiger partial charge is 0.307 e. The van der Waals surface area contributed by atoms with Gasteiger partial charge in [0.25, 0.3) is 0 Å². The van der Waals surface area contributed by atoms with Crippen molar-refractivity contribution < 1.29 is 0 Å². The van der Waals surface area contributed by atoms with Crippen LogP contribution in [0.4, 0.5) is 0 Å². The van der Waals surface area contributed by atoms with Crippen molar-refractivity contribution in [3.05, 3.63) is 35.9 Å². The van der Waals surface area contributed by atoms with E-state index in [2.05, 4.69) is 42.6 Å². The fourth-order valence-electron chi connectivity index (χ4n) is 1.44. The van der Waals surface area contributed by atoms with E-state index in [1.807, 2.05) is 0 Å². The summed E-state index contributed by atoms with van der Waals surface area (Å²) >= 11 is 0. The molecule has 2 rings (SSSR count). The van der Waals surface area contributed by atoms with Crippen LogP contribution in [0.2, 0.25) is 0 Å². The van der Waals surface area contributed by atoms with E-state index >= 15 is 0 Å². The summed E-state index contributed by atoms with van der Waals surface area (Å²) in [6.07, 6.45) is 2.72. The monoisotopic (exact) mass is 161 g/mol. The highest BCUT2D eigenvalue weighted by Gasteiger charge is 2.22. The zero-order valence-corrected chi connectivity index (χ0v) is 7.46. The van der Waals surface area contributed by atoms with Crippen LogP contribution in [0, 0.1) is 0 Å². The molecule has 0 bridgehead atoms. The number of hydrogen-bond acceptors (Lipinski definition) is 1. The predicted octanol–water partition coefficient (Wildman–Crippen LogP) is 2.50. The lowest BCUT2D eigenvalue weighted by Crippen LogP contribution is -2.20. The molecule has 0 amide bonds. The van der Waals surface area contributed by atoms with Crippen molar-refractivity contribution in [2.24, 2.45) is 0 Å². The third-order valence-corrected chi connectivity index (χ3v) is 2.36. The molecular formula is C11H15N. The van der Waals surface area contributed by atoms with Crippen molar-refractivity contribution in [1.29, 1.82) is 0 Å². The first-order chi connectivity index (χ1) is 5.86. The van der Waals surface area contributed by atoms with Crippen LogP contribution in [0.3, 0.4) is 0 Å². The summed E-state index contributed by atoms with van der Waals surface area (Å²) in [6.45, 7) is 2.23. The minimum Gasteiger partial charge on any atom is -0.307 e. The van der Waals surface area contributed by atoms with Crippen LogP contribution < -0.4 is 5.32 Å². The Kier molecular flexibility index (Phi) is 2.13. The Morgan fingerprint density at radius 1 is 1.25 bits per heavy atom. The molecular weight excluding hydrogens is 146 g/mol. The van der Waals surface area contributed by atoms with Gasteiger partial charge in [-0.3, -0.25) is 0 Å². The number of nitrogens with one attached hydrogen (secondary N) is 1. The maximum atomic E-state index is 3.57. The lowest BCUT2D eigenvalue weighted by molar-refractivity contribution is 0.571. The second kappa shape index (κ2) is 3.28. The first kappa shape index (κ1) is 7.81. The summed E-state index contributed by atoms with van der Waals surface area (Å²) in [4.78, 5) is 0. The van der Waals surface area contributed by atoms with Gasteiger partial charge >= 0.3 is 0 Å². The third-order valence-electron chi connectivity index (χ3n) is 2.36. The molecule has 0 unspecified atom stereocenters. The van der Waals surface area contributed by atoms with Crippen LogP contribution in [0.5, 0.6) is 0 Å². The van der Waals surface area contributed by atoms with Crippen LogP contribution >= 0.6 is 0 Å². The van der Waals surface area contributed by atoms with E-state index < -0.39 is 0 Å². The molecule has 1 aliphatic carbocycles. The number of rotatable bonds is 3. The zero-order valence-electron chi connectivity index (χ0n) is 7.46. The van der Waals surface area contributed by atoms with Crippen molar-refractivity contribution in [1.82, 2.24) is 5.32 Å². The predicted molar refractivity (Wildman–Crippen MR) is 51.0 cm³/mol. The van der Waals surface area contributed by atoms with Gasteiger partial charge in [-0.2, -0.15) is 0 Å². The standard InChI is InChI=1S/C11H15N/c1-9(12-11-7-8-11)10-5-3-2-4-6-10/h2-6,9,11-12H,7-8H2,1H3/t9-/m0/s1. The van der Waals surface area contributed by atoms with Crippen LogP contribution in [-0.2, 0) is 0 Å². The van der Waals surface area contributed by atoms with Crippen LogP contribution in [-0.4, -0.2) is 6.04 Å². The van der Waals surface area contributed by atoms with Gasteiger partial charge in [0.05, 0.1) is 0 Å². The third kappa shape index (κ3) is 1.86. The SMILES string of the molecule is C[C@H](NC1CC1)c1ccccc1. The summed E-state index contributed by atoms with van der Waals surface area (Å²) < 4.78 is 0. The van der Waals surface area contributed by atoms with Crippen LogP contribution in [0.1, 0.15) is 31.4 Å². The van der Waals surface area contributed by atoms with E-state index in [1.54, 1.807) is 0 Å². The van der Waals surface area contributed by atoms with Crippen LogP contribution in [0.25, 0.3) is 0 Å². The molecule has 1 aromatic rings. The van der Waals surface area contributed by atoms with Gasteiger partial charge in [0.15, 0.2) is 0 Å². The average molecular weight is 161 g/mol. The smallest absolute Gasteiger partial charge is 0.0294 e. The van der Waals surface area contributed by atoms with Crippen molar-refractivity contribution in [2.75, 3.05) is 0 Å². The molecule has 1 N–H and O–H groups in total. The molecule has 0 aliphatic heterocycles. The molecule has 1 aromatic carbocycles. The highest BCUT2D eigenvalue weighted by atomic mass is 15.0. The molecule has 64 valence electrons. The molecule has 0 aromatic heterocycles. The van der Waals surface area contributed by atoms with Gasteiger partial charge in [0.1, 0.15) is 0 Å². The molecule has 1 nitrogen and oxygen atoms in total. The maximum absolute atomic E-state index is 3.57. The van der Waals surface area contributed by atoms with Gasteiger partial charge in [0, 0.05) is 12.1 Å². The van der Waals surface area contributed by atoms with Gasteiger partial charge in [0.2, 0.25) is 0 Å².